The number of esters is 1. The summed E-state index contributed by atoms with van der Waals surface area (Å²) in [5, 5.41) is 0. The Morgan fingerprint density at radius 1 is 0.966 bits per heavy atom. The van der Waals surface area contributed by atoms with Crippen molar-refractivity contribution in [3.05, 3.63) is 82.9 Å². The van der Waals surface area contributed by atoms with Gasteiger partial charge in [0.05, 0.1) is 5.56 Å². The summed E-state index contributed by atoms with van der Waals surface area (Å²) in [7, 11) is 0. The van der Waals surface area contributed by atoms with Crippen LogP contribution in [0.1, 0.15) is 50.0 Å². The van der Waals surface area contributed by atoms with Crippen LogP contribution in [0.4, 0.5) is 0 Å². The molecule has 0 bridgehead atoms. The maximum Gasteiger partial charge on any atom is 0.338 e. The number of allylic oxidation sites excluding steroid dienone is 1. The first kappa shape index (κ1) is 20.6. The Kier molecular flexibility index (Phi) is 6.03. The van der Waals surface area contributed by atoms with Crippen LogP contribution in [-0.4, -0.2) is 17.9 Å². The molecule has 3 heteroatoms. The molecule has 3 nitrogen and oxygen atoms in total. The summed E-state index contributed by atoms with van der Waals surface area (Å²) in [5.74, 6) is 5.94. The van der Waals surface area contributed by atoms with Crippen molar-refractivity contribution in [1.29, 1.82) is 0 Å². The minimum absolute atomic E-state index is 0.0854. The predicted octanol–water partition coefficient (Wildman–Crippen LogP) is 5.22. The second-order valence-corrected chi connectivity index (χ2v) is 8.05. The maximum atomic E-state index is 12.6. The molecular weight excluding hydrogens is 360 g/mol. The molecule has 0 saturated carbocycles. The average molecular weight is 386 g/mol. The topological polar surface area (TPSA) is 43.4 Å². The molecule has 0 heterocycles. The Morgan fingerprint density at radius 2 is 1.55 bits per heavy atom. The van der Waals surface area contributed by atoms with E-state index in [1.165, 1.54) is 0 Å². The van der Waals surface area contributed by atoms with Gasteiger partial charge in [-0.15, -0.1) is 0 Å². The van der Waals surface area contributed by atoms with Crippen molar-refractivity contribution in [3.8, 4) is 11.8 Å². The Labute approximate surface area is 172 Å². The van der Waals surface area contributed by atoms with Crippen molar-refractivity contribution in [1.82, 2.24) is 0 Å². The summed E-state index contributed by atoms with van der Waals surface area (Å²) in [5.41, 5.74) is 2.78. The van der Waals surface area contributed by atoms with E-state index >= 15 is 0 Å². The quantitative estimate of drug-likeness (QED) is 0.537. The third kappa shape index (κ3) is 4.49. The van der Waals surface area contributed by atoms with Gasteiger partial charge in [0.2, 0.25) is 0 Å². The van der Waals surface area contributed by atoms with Gasteiger partial charge in [-0.2, -0.15) is 0 Å². The van der Waals surface area contributed by atoms with Crippen LogP contribution in [-0.2, 0) is 9.53 Å². The van der Waals surface area contributed by atoms with Crippen LogP contribution in [0.5, 0.6) is 0 Å². The van der Waals surface area contributed by atoms with Crippen LogP contribution in [0.3, 0.4) is 0 Å². The van der Waals surface area contributed by atoms with Gasteiger partial charge in [-0.25, -0.2) is 4.79 Å². The van der Waals surface area contributed by atoms with E-state index in [0.717, 1.165) is 16.7 Å². The number of hydrogen-bond acceptors (Lipinski definition) is 3. The summed E-state index contributed by atoms with van der Waals surface area (Å²) < 4.78 is 5.83. The molecule has 0 fully saturated rings. The van der Waals surface area contributed by atoms with Gasteiger partial charge in [0.15, 0.2) is 0 Å². The minimum atomic E-state index is -0.468. The van der Waals surface area contributed by atoms with Gasteiger partial charge in [0.1, 0.15) is 11.9 Å². The number of hydrogen-bond donors (Lipinski definition) is 0. The number of ether oxygens (including phenoxy) is 1. The first-order valence-electron chi connectivity index (χ1n) is 9.85. The van der Waals surface area contributed by atoms with Crippen LogP contribution < -0.4 is 0 Å². The Bertz CT molecular complexity index is 988. The molecule has 0 spiro atoms. The fourth-order valence-corrected chi connectivity index (χ4v) is 4.03. The summed E-state index contributed by atoms with van der Waals surface area (Å²) in [6, 6.07) is 18.7. The van der Waals surface area contributed by atoms with Crippen LogP contribution in [0.2, 0.25) is 0 Å². The lowest BCUT2D eigenvalue weighted by atomic mass is 9.63. The predicted molar refractivity (Wildman–Crippen MR) is 114 cm³/mol. The Balaban J connectivity index is 1.99. The molecule has 2 aromatic rings. The molecule has 2 atom stereocenters. The van der Waals surface area contributed by atoms with Gasteiger partial charge in [0.25, 0.3) is 0 Å². The van der Waals surface area contributed by atoms with Gasteiger partial charge in [-0.1, -0.05) is 62.1 Å². The molecule has 0 unspecified atom stereocenters. The molecule has 0 N–H and O–H groups in total. The SMILES string of the molecule is CC(=O)[C@@H]1C[C@H](OC(=O)c2ccccc2)C(C)=C(C#Cc2ccccc2)C1(C)C. The molecule has 0 aromatic heterocycles. The van der Waals surface area contributed by atoms with E-state index in [1.807, 2.05) is 57.2 Å². The van der Waals surface area contributed by atoms with Gasteiger partial charge < -0.3 is 4.74 Å². The summed E-state index contributed by atoms with van der Waals surface area (Å²) in [4.78, 5) is 25.0. The van der Waals surface area contributed by atoms with Crippen LogP contribution in [0, 0.1) is 23.2 Å². The highest BCUT2D eigenvalue weighted by Gasteiger charge is 2.44. The first-order valence-corrected chi connectivity index (χ1v) is 9.85. The van der Waals surface area contributed by atoms with Crippen LogP contribution in [0.25, 0.3) is 0 Å². The van der Waals surface area contributed by atoms with Crippen molar-refractivity contribution in [2.45, 2.75) is 40.2 Å². The van der Waals surface area contributed by atoms with Crippen molar-refractivity contribution in [3.63, 3.8) is 0 Å². The number of rotatable bonds is 3. The lowest BCUT2D eigenvalue weighted by molar-refractivity contribution is -0.125. The average Bonchev–Trinajstić information content (AvgIpc) is 2.70. The molecule has 3 rings (SSSR count). The molecule has 2 aromatic carbocycles. The number of carbonyl (C=O) groups excluding carboxylic acids is 2. The summed E-state index contributed by atoms with van der Waals surface area (Å²) in [6.07, 6.45) is 0.00759. The maximum absolute atomic E-state index is 12.6. The van der Waals surface area contributed by atoms with Gasteiger partial charge in [-0.05, 0) is 50.1 Å². The number of Topliss-reactive ketones (excluding diaryl/α,β-unsaturated/α-hetero) is 1. The molecule has 0 radical (unpaired) electrons. The zero-order valence-electron chi connectivity index (χ0n) is 17.4. The highest BCUT2D eigenvalue weighted by molar-refractivity contribution is 5.89. The lowest BCUT2D eigenvalue weighted by Crippen LogP contribution is -2.41. The molecule has 148 valence electrons. The largest absolute Gasteiger partial charge is 0.454 e. The fraction of sp³-hybridized carbons (Fsp3) is 0.308. The Hall–Kier alpha value is -3.12. The van der Waals surface area contributed by atoms with Gasteiger partial charge >= 0.3 is 5.97 Å². The van der Waals surface area contributed by atoms with E-state index in [9.17, 15) is 9.59 Å². The normalized spacial score (nSPS) is 20.4. The second-order valence-electron chi connectivity index (χ2n) is 8.05. The molecule has 0 aliphatic heterocycles. The summed E-state index contributed by atoms with van der Waals surface area (Å²) >= 11 is 0. The zero-order chi connectivity index (χ0) is 21.0. The van der Waals surface area contributed by atoms with E-state index in [1.54, 1.807) is 31.2 Å². The van der Waals surface area contributed by atoms with Crippen molar-refractivity contribution in [2.75, 3.05) is 0 Å². The number of ketones is 1. The second kappa shape index (κ2) is 8.49. The molecule has 0 saturated heterocycles. The number of benzene rings is 2. The standard InChI is InChI=1S/C26H26O3/c1-18-22(16-15-20-11-7-5-8-12-20)26(3,4)23(19(2)27)17-24(18)29-25(28)21-13-9-6-10-14-21/h5-14,23-24H,17H2,1-4H3/t23-,24-/m0/s1. The van der Waals surface area contributed by atoms with Gasteiger partial charge in [0, 0.05) is 22.5 Å². The number of carbonyl (C=O) groups is 2. The third-order valence-corrected chi connectivity index (χ3v) is 5.70. The zero-order valence-corrected chi connectivity index (χ0v) is 17.4. The molecule has 29 heavy (non-hydrogen) atoms. The van der Waals surface area contributed by atoms with E-state index in [4.69, 9.17) is 4.74 Å². The minimum Gasteiger partial charge on any atom is -0.454 e. The van der Waals surface area contributed by atoms with E-state index in [2.05, 4.69) is 11.8 Å². The smallest absolute Gasteiger partial charge is 0.338 e. The monoisotopic (exact) mass is 386 g/mol. The highest BCUT2D eigenvalue weighted by Crippen LogP contribution is 2.45. The fourth-order valence-electron chi connectivity index (χ4n) is 4.03. The van der Waals surface area contributed by atoms with Gasteiger partial charge in [-0.3, -0.25) is 4.79 Å². The lowest BCUT2D eigenvalue weighted by Gasteiger charge is -2.41. The van der Waals surface area contributed by atoms with E-state index < -0.39 is 11.5 Å². The van der Waals surface area contributed by atoms with Crippen molar-refractivity contribution >= 4 is 11.8 Å². The van der Waals surface area contributed by atoms with E-state index in [-0.39, 0.29) is 17.7 Å². The molecular formula is C26H26O3. The van der Waals surface area contributed by atoms with Crippen molar-refractivity contribution < 1.29 is 14.3 Å². The van der Waals surface area contributed by atoms with Crippen molar-refractivity contribution in [2.24, 2.45) is 11.3 Å². The molecule has 1 aliphatic carbocycles. The summed E-state index contributed by atoms with van der Waals surface area (Å²) in [6.45, 7) is 7.65. The van der Waals surface area contributed by atoms with E-state index in [0.29, 0.717) is 12.0 Å². The molecule has 1 aliphatic rings. The Morgan fingerprint density at radius 3 is 2.14 bits per heavy atom. The molecule has 0 amide bonds. The van der Waals surface area contributed by atoms with Crippen LogP contribution in [0.15, 0.2) is 71.8 Å². The van der Waals surface area contributed by atoms with Crippen LogP contribution >= 0.6 is 0 Å². The first-order chi connectivity index (χ1) is 13.8. The highest BCUT2D eigenvalue weighted by atomic mass is 16.5. The third-order valence-electron chi connectivity index (χ3n) is 5.70.